The van der Waals surface area contributed by atoms with Crippen LogP contribution in [0.25, 0.3) is 10.9 Å². The summed E-state index contributed by atoms with van der Waals surface area (Å²) in [6.07, 6.45) is 1.81. The molecular weight excluding hydrogens is 248 g/mol. The van der Waals surface area contributed by atoms with E-state index in [1.54, 1.807) is 6.20 Å². The summed E-state index contributed by atoms with van der Waals surface area (Å²) in [6, 6.07) is 15.8. The number of fused-ring (bicyclic) bond motifs is 1. The standard InChI is InChI=1S/C17H16N2O/c1-12-6-7-15(18)17(10-12)20-11-13-8-9-19-16-5-3-2-4-14(13)16/h2-10H,11,18H2,1H3. The molecule has 0 aliphatic heterocycles. The summed E-state index contributed by atoms with van der Waals surface area (Å²) in [7, 11) is 0. The van der Waals surface area contributed by atoms with Gasteiger partial charge in [0.15, 0.2) is 0 Å². The number of ether oxygens (including phenoxy) is 1. The minimum atomic E-state index is 0.483. The monoisotopic (exact) mass is 264 g/mol. The predicted octanol–water partition coefficient (Wildman–Crippen LogP) is 3.70. The number of para-hydroxylation sites is 1. The normalized spacial score (nSPS) is 10.7. The molecule has 0 aliphatic rings. The highest BCUT2D eigenvalue weighted by molar-refractivity contribution is 5.81. The van der Waals surface area contributed by atoms with Gasteiger partial charge < -0.3 is 10.5 Å². The number of hydrogen-bond donors (Lipinski definition) is 1. The van der Waals surface area contributed by atoms with Crippen molar-refractivity contribution in [3.63, 3.8) is 0 Å². The Hall–Kier alpha value is -2.55. The minimum Gasteiger partial charge on any atom is -0.487 e. The SMILES string of the molecule is Cc1ccc(N)c(OCc2ccnc3ccccc23)c1. The summed E-state index contributed by atoms with van der Waals surface area (Å²) in [5.74, 6) is 0.728. The lowest BCUT2D eigenvalue weighted by molar-refractivity contribution is 0.309. The minimum absolute atomic E-state index is 0.483. The van der Waals surface area contributed by atoms with Gasteiger partial charge in [-0.2, -0.15) is 0 Å². The smallest absolute Gasteiger partial charge is 0.142 e. The van der Waals surface area contributed by atoms with E-state index in [2.05, 4.69) is 11.1 Å². The van der Waals surface area contributed by atoms with Gasteiger partial charge in [0, 0.05) is 17.1 Å². The molecule has 3 heteroatoms. The highest BCUT2D eigenvalue weighted by atomic mass is 16.5. The first-order chi connectivity index (χ1) is 9.74. The van der Waals surface area contributed by atoms with Crippen LogP contribution in [0.2, 0.25) is 0 Å². The predicted molar refractivity (Wildman–Crippen MR) is 81.7 cm³/mol. The van der Waals surface area contributed by atoms with Gasteiger partial charge in [0.2, 0.25) is 0 Å². The lowest BCUT2D eigenvalue weighted by Crippen LogP contribution is -2.00. The number of aromatic nitrogens is 1. The second-order valence-electron chi connectivity index (χ2n) is 4.82. The fourth-order valence-corrected chi connectivity index (χ4v) is 2.20. The van der Waals surface area contributed by atoms with E-state index < -0.39 is 0 Å². The molecule has 100 valence electrons. The zero-order chi connectivity index (χ0) is 13.9. The van der Waals surface area contributed by atoms with Crippen LogP contribution in [0.3, 0.4) is 0 Å². The lowest BCUT2D eigenvalue weighted by atomic mass is 10.1. The number of hydrogen-bond acceptors (Lipinski definition) is 3. The fourth-order valence-electron chi connectivity index (χ4n) is 2.20. The second-order valence-corrected chi connectivity index (χ2v) is 4.82. The largest absolute Gasteiger partial charge is 0.487 e. The first-order valence-corrected chi connectivity index (χ1v) is 6.55. The first kappa shape index (κ1) is 12.5. The number of rotatable bonds is 3. The van der Waals surface area contributed by atoms with E-state index in [1.165, 1.54) is 0 Å². The van der Waals surface area contributed by atoms with Crippen molar-refractivity contribution in [3.8, 4) is 5.75 Å². The van der Waals surface area contributed by atoms with E-state index >= 15 is 0 Å². The maximum absolute atomic E-state index is 5.93. The topological polar surface area (TPSA) is 48.1 Å². The molecule has 0 radical (unpaired) electrons. The Kier molecular flexibility index (Phi) is 3.25. The number of nitrogens with zero attached hydrogens (tertiary/aromatic N) is 1. The molecule has 3 aromatic rings. The highest BCUT2D eigenvalue weighted by Crippen LogP contribution is 2.24. The Morgan fingerprint density at radius 2 is 1.95 bits per heavy atom. The van der Waals surface area contributed by atoms with Gasteiger partial charge in [-0.1, -0.05) is 24.3 Å². The van der Waals surface area contributed by atoms with E-state index in [9.17, 15) is 0 Å². The number of nitrogen functional groups attached to an aromatic ring is 1. The molecule has 0 bridgehead atoms. The van der Waals surface area contributed by atoms with Gasteiger partial charge in [-0.25, -0.2) is 0 Å². The van der Waals surface area contributed by atoms with Crippen molar-refractivity contribution in [2.45, 2.75) is 13.5 Å². The molecular formula is C17H16N2O. The molecule has 3 rings (SSSR count). The van der Waals surface area contributed by atoms with Crippen molar-refractivity contribution in [1.82, 2.24) is 4.98 Å². The average Bonchev–Trinajstić information content (AvgIpc) is 2.48. The van der Waals surface area contributed by atoms with Crippen molar-refractivity contribution in [3.05, 3.63) is 65.9 Å². The molecule has 0 unspecified atom stereocenters. The molecule has 0 fully saturated rings. The van der Waals surface area contributed by atoms with Crippen LogP contribution in [0.15, 0.2) is 54.7 Å². The van der Waals surface area contributed by atoms with Crippen molar-refractivity contribution in [2.24, 2.45) is 0 Å². The molecule has 1 aromatic heterocycles. The second kappa shape index (κ2) is 5.21. The number of nitrogens with two attached hydrogens (primary N) is 1. The Balaban J connectivity index is 1.89. The van der Waals surface area contributed by atoms with E-state index in [1.807, 2.05) is 49.4 Å². The molecule has 0 aliphatic carbocycles. The molecule has 0 amide bonds. The van der Waals surface area contributed by atoms with Crippen LogP contribution in [0.4, 0.5) is 5.69 Å². The van der Waals surface area contributed by atoms with Crippen molar-refractivity contribution < 1.29 is 4.74 Å². The van der Waals surface area contributed by atoms with E-state index in [0.717, 1.165) is 27.8 Å². The number of anilines is 1. The Bertz CT molecular complexity index is 748. The van der Waals surface area contributed by atoms with Crippen molar-refractivity contribution in [2.75, 3.05) is 5.73 Å². The Morgan fingerprint density at radius 3 is 2.85 bits per heavy atom. The van der Waals surface area contributed by atoms with Gasteiger partial charge >= 0.3 is 0 Å². The van der Waals surface area contributed by atoms with E-state index in [0.29, 0.717) is 12.3 Å². The first-order valence-electron chi connectivity index (χ1n) is 6.55. The molecule has 0 spiro atoms. The zero-order valence-electron chi connectivity index (χ0n) is 11.3. The summed E-state index contributed by atoms with van der Waals surface area (Å²) in [4.78, 5) is 4.35. The van der Waals surface area contributed by atoms with Crippen LogP contribution in [0.1, 0.15) is 11.1 Å². The zero-order valence-corrected chi connectivity index (χ0v) is 11.3. The van der Waals surface area contributed by atoms with Crippen LogP contribution in [0, 0.1) is 6.92 Å². The third-order valence-corrected chi connectivity index (χ3v) is 3.29. The van der Waals surface area contributed by atoms with Crippen molar-refractivity contribution >= 4 is 16.6 Å². The fraction of sp³-hybridized carbons (Fsp3) is 0.118. The van der Waals surface area contributed by atoms with Crippen molar-refractivity contribution in [1.29, 1.82) is 0 Å². The van der Waals surface area contributed by atoms with Crippen LogP contribution in [0.5, 0.6) is 5.75 Å². The van der Waals surface area contributed by atoms with Gasteiger partial charge in [0.25, 0.3) is 0 Å². The number of pyridine rings is 1. The number of aryl methyl sites for hydroxylation is 1. The third kappa shape index (κ3) is 2.43. The molecule has 0 saturated heterocycles. The van der Waals surface area contributed by atoms with E-state index in [-0.39, 0.29) is 0 Å². The van der Waals surface area contributed by atoms with Gasteiger partial charge in [-0.3, -0.25) is 4.98 Å². The number of benzene rings is 2. The lowest BCUT2D eigenvalue weighted by Gasteiger charge is -2.11. The molecule has 2 N–H and O–H groups in total. The summed E-state index contributed by atoms with van der Waals surface area (Å²) in [6.45, 7) is 2.50. The molecule has 2 aromatic carbocycles. The molecule has 0 atom stereocenters. The third-order valence-electron chi connectivity index (χ3n) is 3.29. The van der Waals surface area contributed by atoms with E-state index in [4.69, 9.17) is 10.5 Å². The Labute approximate surface area is 118 Å². The highest BCUT2D eigenvalue weighted by Gasteiger charge is 2.04. The average molecular weight is 264 g/mol. The van der Waals surface area contributed by atoms with Gasteiger partial charge in [0.1, 0.15) is 12.4 Å². The van der Waals surface area contributed by atoms with Crippen LogP contribution < -0.4 is 10.5 Å². The van der Waals surface area contributed by atoms with Gasteiger partial charge in [-0.05, 0) is 36.8 Å². The summed E-state index contributed by atoms with van der Waals surface area (Å²) in [5, 5.41) is 1.11. The molecule has 0 saturated carbocycles. The van der Waals surface area contributed by atoms with Crippen LogP contribution in [-0.2, 0) is 6.61 Å². The van der Waals surface area contributed by atoms with Gasteiger partial charge in [0.05, 0.1) is 11.2 Å². The summed E-state index contributed by atoms with van der Waals surface area (Å²) in [5.41, 5.74) is 9.81. The molecule has 1 heterocycles. The van der Waals surface area contributed by atoms with Crippen LogP contribution in [-0.4, -0.2) is 4.98 Å². The quantitative estimate of drug-likeness (QED) is 0.734. The maximum Gasteiger partial charge on any atom is 0.142 e. The molecule has 3 nitrogen and oxygen atoms in total. The summed E-state index contributed by atoms with van der Waals surface area (Å²) >= 11 is 0. The summed E-state index contributed by atoms with van der Waals surface area (Å²) < 4.78 is 5.86. The Morgan fingerprint density at radius 1 is 1.10 bits per heavy atom. The van der Waals surface area contributed by atoms with Crippen LogP contribution >= 0.6 is 0 Å². The molecule has 20 heavy (non-hydrogen) atoms. The maximum atomic E-state index is 5.93. The van der Waals surface area contributed by atoms with Gasteiger partial charge in [-0.15, -0.1) is 0 Å².